The largest absolute Gasteiger partial charge is 0.355 e. The fraction of sp³-hybridized carbons (Fsp3) is 0.0612. The summed E-state index contributed by atoms with van der Waals surface area (Å²) in [4.78, 5) is 0. The molecule has 2 aliphatic rings. The monoisotopic (exact) mass is 661 g/mol. The van der Waals surface area contributed by atoms with E-state index in [0.29, 0.717) is 0 Å². The van der Waals surface area contributed by atoms with Gasteiger partial charge in [0.05, 0.1) is 5.52 Å². The van der Waals surface area contributed by atoms with E-state index in [0.717, 1.165) is 11.4 Å². The number of anilines is 2. The summed E-state index contributed by atoms with van der Waals surface area (Å²) >= 11 is 0. The minimum absolute atomic E-state index is 0.0503. The van der Waals surface area contributed by atoms with Gasteiger partial charge in [0, 0.05) is 44.3 Å². The first-order valence-electron chi connectivity index (χ1n) is 18.2. The summed E-state index contributed by atoms with van der Waals surface area (Å²) in [5.74, 6) is 0. The van der Waals surface area contributed by atoms with Crippen LogP contribution in [0.15, 0.2) is 164 Å². The Bertz CT molecular complexity index is 2930. The Hall–Kier alpha value is -6.32. The number of fused-ring (bicyclic) bond motifs is 9. The first-order valence-corrected chi connectivity index (χ1v) is 18.2. The second-order valence-electron chi connectivity index (χ2n) is 14.8. The lowest BCUT2D eigenvalue weighted by Gasteiger charge is -2.25. The Labute approximate surface area is 304 Å². The fourth-order valence-corrected chi connectivity index (χ4v) is 9.13. The summed E-state index contributed by atoms with van der Waals surface area (Å²) in [6.07, 6.45) is 0. The van der Waals surface area contributed by atoms with Crippen molar-refractivity contribution in [1.29, 1.82) is 0 Å². The maximum absolute atomic E-state index is 3.76. The van der Waals surface area contributed by atoms with Gasteiger partial charge in [-0.05, 0) is 104 Å². The number of nitrogens with zero attached hydrogens (tertiary/aromatic N) is 1. The molecule has 0 saturated heterocycles. The number of benzene rings is 8. The van der Waals surface area contributed by atoms with Crippen LogP contribution in [-0.4, -0.2) is 11.8 Å². The summed E-state index contributed by atoms with van der Waals surface area (Å²) in [6, 6.07) is 60.3. The zero-order valence-electron chi connectivity index (χ0n) is 29.1. The molecule has 0 atom stereocenters. The predicted octanol–water partition coefficient (Wildman–Crippen LogP) is 11.3. The van der Waals surface area contributed by atoms with Crippen LogP contribution in [0.5, 0.6) is 0 Å². The predicted molar refractivity (Wildman–Crippen MR) is 221 cm³/mol. The Balaban J connectivity index is 1.28. The highest BCUT2D eigenvalue weighted by atomic mass is 15.0. The molecule has 0 bridgehead atoms. The average molecular weight is 662 g/mol. The minimum atomic E-state index is -0.0503. The van der Waals surface area contributed by atoms with Crippen LogP contribution >= 0.6 is 0 Å². The van der Waals surface area contributed by atoms with Gasteiger partial charge in [0.15, 0.2) is 7.28 Å². The van der Waals surface area contributed by atoms with Crippen molar-refractivity contribution in [2.24, 2.45) is 0 Å². The second kappa shape index (κ2) is 10.8. The Morgan fingerprint density at radius 1 is 0.538 bits per heavy atom. The zero-order valence-corrected chi connectivity index (χ0v) is 29.1. The molecule has 11 rings (SSSR count). The summed E-state index contributed by atoms with van der Waals surface area (Å²) in [6.45, 7) is 4.72. The molecule has 1 aromatic heterocycles. The van der Waals surface area contributed by atoms with Gasteiger partial charge in [0.2, 0.25) is 0 Å². The normalized spacial score (nSPS) is 13.5. The lowest BCUT2D eigenvalue weighted by molar-refractivity contribution is 0.660. The van der Waals surface area contributed by atoms with Gasteiger partial charge in [-0.3, -0.25) is 0 Å². The first kappa shape index (κ1) is 29.4. The van der Waals surface area contributed by atoms with Crippen LogP contribution in [0, 0.1) is 0 Å². The van der Waals surface area contributed by atoms with Gasteiger partial charge in [-0.1, -0.05) is 135 Å². The molecule has 1 aliphatic heterocycles. The van der Waals surface area contributed by atoms with Crippen molar-refractivity contribution in [1.82, 2.24) is 4.57 Å². The third kappa shape index (κ3) is 4.14. The van der Waals surface area contributed by atoms with Crippen molar-refractivity contribution in [2.45, 2.75) is 19.3 Å². The summed E-state index contributed by atoms with van der Waals surface area (Å²) in [7, 11) is 2.41. The fourth-order valence-electron chi connectivity index (χ4n) is 9.13. The highest BCUT2D eigenvalue weighted by Crippen LogP contribution is 2.51. The van der Waals surface area contributed by atoms with E-state index in [1.807, 2.05) is 0 Å². The van der Waals surface area contributed by atoms with Crippen LogP contribution in [-0.2, 0) is 5.41 Å². The van der Waals surface area contributed by atoms with E-state index in [9.17, 15) is 0 Å². The van der Waals surface area contributed by atoms with E-state index >= 15 is 0 Å². The molecule has 2 nitrogen and oxygen atoms in total. The number of para-hydroxylation sites is 3. The molecule has 3 heteroatoms. The zero-order chi connectivity index (χ0) is 34.6. The van der Waals surface area contributed by atoms with E-state index in [-0.39, 0.29) is 5.41 Å². The van der Waals surface area contributed by atoms with E-state index < -0.39 is 0 Å². The Morgan fingerprint density at radius 2 is 1.23 bits per heavy atom. The highest BCUT2D eigenvalue weighted by Gasteiger charge is 2.36. The summed E-state index contributed by atoms with van der Waals surface area (Å²) in [5, 5.41) is 8.84. The lowest BCUT2D eigenvalue weighted by Crippen LogP contribution is -2.37. The third-order valence-corrected chi connectivity index (χ3v) is 11.6. The molecular weight excluding hydrogens is 627 g/mol. The molecule has 0 unspecified atom stereocenters. The van der Waals surface area contributed by atoms with Crippen LogP contribution < -0.4 is 16.2 Å². The molecule has 0 saturated carbocycles. The van der Waals surface area contributed by atoms with Crippen LogP contribution in [0.25, 0.3) is 71.6 Å². The van der Waals surface area contributed by atoms with Crippen molar-refractivity contribution in [3.05, 3.63) is 175 Å². The van der Waals surface area contributed by atoms with E-state index in [1.165, 1.54) is 93.7 Å². The van der Waals surface area contributed by atoms with Gasteiger partial charge in [-0.15, -0.1) is 0 Å². The SMILES string of the molecule is CC1(C)c2ccccc2-c2cc(-c3cc(-c4ccccc4Nc4ccccc4)c4c5c3c3cc6ccccc6cc3n5-c3ccccc3[B]4)ccc21. The van der Waals surface area contributed by atoms with Gasteiger partial charge in [-0.2, -0.15) is 0 Å². The number of hydrogen-bond acceptors (Lipinski definition) is 1. The van der Waals surface area contributed by atoms with E-state index in [4.69, 9.17) is 0 Å². The molecular formula is C49H34BN2. The lowest BCUT2D eigenvalue weighted by atomic mass is 9.58. The molecule has 1 radical (unpaired) electrons. The molecule has 1 aliphatic carbocycles. The van der Waals surface area contributed by atoms with Crippen molar-refractivity contribution in [3.63, 3.8) is 0 Å². The molecule has 1 N–H and O–H groups in total. The van der Waals surface area contributed by atoms with Crippen molar-refractivity contribution >= 4 is 62.2 Å². The molecule has 2 heterocycles. The van der Waals surface area contributed by atoms with Gasteiger partial charge < -0.3 is 9.88 Å². The quantitative estimate of drug-likeness (QED) is 0.186. The smallest absolute Gasteiger partial charge is 0.197 e. The summed E-state index contributed by atoms with van der Waals surface area (Å²) < 4.78 is 2.54. The van der Waals surface area contributed by atoms with Crippen LogP contribution in [0.1, 0.15) is 25.0 Å². The van der Waals surface area contributed by atoms with Gasteiger partial charge in [0.25, 0.3) is 0 Å². The standard InChI is InChI=1S/C49H34BN2/c1-49(2)40-20-10-8-18-34(40)37-27-32(24-25-41(37)49)36-29-38(35-19-9-12-22-43(35)51-33-16-4-3-5-17-33)47-48-46(36)39-26-30-14-6-7-15-31(30)28-45(39)52(48)44-23-13-11-21-42(44)50-47/h3-29,51H,1-2H3. The van der Waals surface area contributed by atoms with Gasteiger partial charge >= 0.3 is 0 Å². The molecule has 52 heavy (non-hydrogen) atoms. The van der Waals surface area contributed by atoms with E-state index in [2.05, 4.69) is 195 Å². The van der Waals surface area contributed by atoms with Crippen molar-refractivity contribution in [2.75, 3.05) is 5.32 Å². The summed E-state index contributed by atoms with van der Waals surface area (Å²) in [5.41, 5.74) is 18.6. The number of rotatable bonds is 4. The number of aromatic nitrogens is 1. The van der Waals surface area contributed by atoms with Gasteiger partial charge in [0.1, 0.15) is 0 Å². The molecule has 243 valence electrons. The van der Waals surface area contributed by atoms with Crippen LogP contribution in [0.2, 0.25) is 0 Å². The second-order valence-corrected chi connectivity index (χ2v) is 14.8. The molecule has 0 spiro atoms. The molecule has 8 aromatic carbocycles. The van der Waals surface area contributed by atoms with Crippen molar-refractivity contribution < 1.29 is 0 Å². The number of nitrogens with one attached hydrogen (secondary N) is 1. The first-order chi connectivity index (χ1) is 25.5. The Morgan fingerprint density at radius 3 is 2.10 bits per heavy atom. The van der Waals surface area contributed by atoms with Crippen LogP contribution in [0.4, 0.5) is 11.4 Å². The van der Waals surface area contributed by atoms with Crippen LogP contribution in [0.3, 0.4) is 0 Å². The van der Waals surface area contributed by atoms with Crippen molar-refractivity contribution in [3.8, 4) is 39.1 Å². The molecule has 9 aromatic rings. The minimum Gasteiger partial charge on any atom is -0.355 e. The van der Waals surface area contributed by atoms with Gasteiger partial charge in [-0.25, -0.2) is 0 Å². The maximum atomic E-state index is 3.76. The topological polar surface area (TPSA) is 17.0 Å². The third-order valence-electron chi connectivity index (χ3n) is 11.6. The maximum Gasteiger partial charge on any atom is 0.197 e. The Kier molecular flexibility index (Phi) is 6.13. The highest BCUT2D eigenvalue weighted by molar-refractivity contribution is 6.73. The van der Waals surface area contributed by atoms with E-state index in [1.54, 1.807) is 0 Å². The molecule has 0 fully saturated rings. The molecule has 0 amide bonds. The average Bonchev–Trinajstić information content (AvgIpc) is 3.64. The number of hydrogen-bond donors (Lipinski definition) is 1.